The number of halogens is 1. The lowest BCUT2D eigenvalue weighted by molar-refractivity contribution is -0.121. The van der Waals surface area contributed by atoms with Gasteiger partial charge in [0.1, 0.15) is 5.75 Å². The molecule has 6 nitrogen and oxygen atoms in total. The number of nitrogens with zero attached hydrogens (tertiary/aromatic N) is 1. The van der Waals surface area contributed by atoms with Crippen LogP contribution < -0.4 is 10.1 Å². The van der Waals surface area contributed by atoms with Crippen molar-refractivity contribution < 1.29 is 17.9 Å². The molecule has 0 bridgehead atoms. The molecule has 0 spiro atoms. The molecule has 0 atom stereocenters. The quantitative estimate of drug-likeness (QED) is 0.441. The number of ether oxygens (including phenoxy) is 1. The monoisotopic (exact) mass is 516 g/mol. The van der Waals surface area contributed by atoms with Crippen molar-refractivity contribution in [3.8, 4) is 5.75 Å². The summed E-state index contributed by atoms with van der Waals surface area (Å²) in [6.45, 7) is 0.231. The number of carbonyl (C=O) groups excluding carboxylic acids is 1. The summed E-state index contributed by atoms with van der Waals surface area (Å²) in [5.41, 5.74) is 1.84. The average molecular weight is 517 g/mol. The molecule has 0 aliphatic heterocycles. The van der Waals surface area contributed by atoms with Crippen LogP contribution in [0.1, 0.15) is 11.1 Å². The summed E-state index contributed by atoms with van der Waals surface area (Å²) in [6, 6.07) is 23.1. The van der Waals surface area contributed by atoms with E-state index in [1.165, 1.54) is 16.4 Å². The minimum Gasteiger partial charge on any atom is -0.497 e. The van der Waals surface area contributed by atoms with Crippen LogP contribution in [-0.2, 0) is 27.8 Å². The SMILES string of the molecule is COc1ccc(CCNC(=O)CN(Cc2ccc(Br)cc2)S(=O)(=O)c2ccccc2)cc1. The molecule has 0 radical (unpaired) electrons. The Kier molecular flexibility index (Phi) is 8.44. The first kappa shape index (κ1) is 24.0. The fourth-order valence-corrected chi connectivity index (χ4v) is 4.79. The maximum absolute atomic E-state index is 13.2. The van der Waals surface area contributed by atoms with E-state index in [9.17, 15) is 13.2 Å². The van der Waals surface area contributed by atoms with Gasteiger partial charge in [-0.3, -0.25) is 4.79 Å². The average Bonchev–Trinajstić information content (AvgIpc) is 2.81. The fraction of sp³-hybridized carbons (Fsp3) is 0.208. The van der Waals surface area contributed by atoms with Gasteiger partial charge in [0.05, 0.1) is 18.6 Å². The van der Waals surface area contributed by atoms with Crippen LogP contribution in [0.4, 0.5) is 0 Å². The normalized spacial score (nSPS) is 11.3. The molecule has 3 rings (SSSR count). The number of carbonyl (C=O) groups is 1. The van der Waals surface area contributed by atoms with Crippen molar-refractivity contribution in [2.45, 2.75) is 17.9 Å². The lowest BCUT2D eigenvalue weighted by atomic mass is 10.1. The first-order chi connectivity index (χ1) is 15.4. The Bertz CT molecular complexity index is 1120. The van der Waals surface area contributed by atoms with Crippen LogP contribution in [0.25, 0.3) is 0 Å². The first-order valence-corrected chi connectivity index (χ1v) is 12.3. The fourth-order valence-electron chi connectivity index (χ4n) is 3.12. The summed E-state index contributed by atoms with van der Waals surface area (Å²) in [4.78, 5) is 12.8. The topological polar surface area (TPSA) is 75.7 Å². The summed E-state index contributed by atoms with van der Waals surface area (Å²) in [6.07, 6.45) is 0.633. The van der Waals surface area contributed by atoms with Gasteiger partial charge in [0.2, 0.25) is 15.9 Å². The maximum atomic E-state index is 13.2. The molecule has 168 valence electrons. The van der Waals surface area contributed by atoms with E-state index in [0.29, 0.717) is 13.0 Å². The van der Waals surface area contributed by atoms with Crippen LogP contribution >= 0.6 is 15.9 Å². The highest BCUT2D eigenvalue weighted by Crippen LogP contribution is 2.19. The Balaban J connectivity index is 1.68. The molecule has 0 heterocycles. The lowest BCUT2D eigenvalue weighted by Crippen LogP contribution is -2.40. The molecule has 8 heteroatoms. The van der Waals surface area contributed by atoms with Crippen molar-refractivity contribution in [2.75, 3.05) is 20.2 Å². The second kappa shape index (κ2) is 11.3. The van der Waals surface area contributed by atoms with Crippen LogP contribution in [0.15, 0.2) is 88.2 Å². The summed E-state index contributed by atoms with van der Waals surface area (Å²) in [7, 11) is -2.23. The van der Waals surface area contributed by atoms with Gasteiger partial charge in [-0.15, -0.1) is 0 Å². The van der Waals surface area contributed by atoms with Gasteiger partial charge in [-0.25, -0.2) is 8.42 Å². The van der Waals surface area contributed by atoms with Crippen molar-refractivity contribution in [3.05, 3.63) is 94.5 Å². The third kappa shape index (κ3) is 6.66. The first-order valence-electron chi connectivity index (χ1n) is 10.1. The number of methoxy groups -OCH3 is 1. The minimum absolute atomic E-state index is 0.0937. The van der Waals surface area contributed by atoms with Crippen LogP contribution in [0.5, 0.6) is 5.75 Å². The van der Waals surface area contributed by atoms with E-state index in [2.05, 4.69) is 21.2 Å². The summed E-state index contributed by atoms with van der Waals surface area (Å²) in [5.74, 6) is 0.419. The van der Waals surface area contributed by atoms with E-state index in [1.54, 1.807) is 25.3 Å². The largest absolute Gasteiger partial charge is 0.497 e. The zero-order valence-corrected chi connectivity index (χ0v) is 20.1. The number of rotatable bonds is 10. The second-order valence-electron chi connectivity index (χ2n) is 7.16. The summed E-state index contributed by atoms with van der Waals surface area (Å²) < 4.78 is 33.7. The van der Waals surface area contributed by atoms with E-state index >= 15 is 0 Å². The number of hydrogen-bond acceptors (Lipinski definition) is 4. The van der Waals surface area contributed by atoms with E-state index in [4.69, 9.17) is 4.74 Å². The number of nitrogens with one attached hydrogen (secondary N) is 1. The molecule has 0 aliphatic rings. The molecule has 0 aliphatic carbocycles. The van der Waals surface area contributed by atoms with Crippen molar-refractivity contribution in [2.24, 2.45) is 0 Å². The number of hydrogen-bond donors (Lipinski definition) is 1. The molecule has 0 fully saturated rings. The van der Waals surface area contributed by atoms with Gasteiger partial charge in [-0.05, 0) is 53.9 Å². The Morgan fingerprint density at radius 2 is 1.56 bits per heavy atom. The third-order valence-corrected chi connectivity index (χ3v) is 7.20. The highest BCUT2D eigenvalue weighted by Gasteiger charge is 2.26. The van der Waals surface area contributed by atoms with E-state index in [-0.39, 0.29) is 23.9 Å². The van der Waals surface area contributed by atoms with Crippen LogP contribution in [-0.4, -0.2) is 38.8 Å². The van der Waals surface area contributed by atoms with E-state index < -0.39 is 10.0 Å². The second-order valence-corrected chi connectivity index (χ2v) is 10.0. The third-order valence-electron chi connectivity index (χ3n) is 4.87. The molecule has 0 unspecified atom stereocenters. The number of amides is 1. The van der Waals surface area contributed by atoms with Gasteiger partial charge in [0, 0.05) is 17.6 Å². The predicted molar refractivity (Wildman–Crippen MR) is 128 cm³/mol. The van der Waals surface area contributed by atoms with Crippen molar-refractivity contribution in [1.29, 1.82) is 0 Å². The number of sulfonamides is 1. The van der Waals surface area contributed by atoms with Crippen molar-refractivity contribution in [3.63, 3.8) is 0 Å². The van der Waals surface area contributed by atoms with Crippen molar-refractivity contribution in [1.82, 2.24) is 9.62 Å². The molecular weight excluding hydrogens is 492 g/mol. The molecule has 0 aromatic heterocycles. The molecule has 1 amide bonds. The zero-order chi connectivity index (χ0) is 23.0. The smallest absolute Gasteiger partial charge is 0.243 e. The lowest BCUT2D eigenvalue weighted by Gasteiger charge is -2.22. The molecule has 3 aromatic rings. The molecule has 0 saturated carbocycles. The Morgan fingerprint density at radius 3 is 2.19 bits per heavy atom. The molecule has 32 heavy (non-hydrogen) atoms. The summed E-state index contributed by atoms with van der Waals surface area (Å²) in [5, 5.41) is 2.82. The van der Waals surface area contributed by atoms with Crippen LogP contribution in [0, 0.1) is 0 Å². The van der Waals surface area contributed by atoms with Gasteiger partial charge < -0.3 is 10.1 Å². The van der Waals surface area contributed by atoms with Gasteiger partial charge in [-0.1, -0.05) is 58.4 Å². The van der Waals surface area contributed by atoms with Crippen LogP contribution in [0.2, 0.25) is 0 Å². The minimum atomic E-state index is -3.84. The predicted octanol–water partition coefficient (Wildman–Crippen LogP) is 4.01. The standard InChI is InChI=1S/C24H25BrN2O4S/c1-31-22-13-9-19(10-14-22)15-16-26-24(28)18-27(17-20-7-11-21(25)12-8-20)32(29,30)23-5-3-2-4-6-23/h2-14H,15-18H2,1H3,(H,26,28). The van der Waals surface area contributed by atoms with E-state index in [0.717, 1.165) is 21.3 Å². The van der Waals surface area contributed by atoms with Gasteiger partial charge in [-0.2, -0.15) is 4.31 Å². The van der Waals surface area contributed by atoms with Gasteiger partial charge >= 0.3 is 0 Å². The molecular formula is C24H25BrN2O4S. The highest BCUT2D eigenvalue weighted by atomic mass is 79.9. The summed E-state index contributed by atoms with van der Waals surface area (Å²) >= 11 is 3.38. The molecule has 1 N–H and O–H groups in total. The van der Waals surface area contributed by atoms with E-state index in [1.807, 2.05) is 48.5 Å². The Hall–Kier alpha value is -2.68. The maximum Gasteiger partial charge on any atom is 0.243 e. The Labute approximate surface area is 197 Å². The molecule has 3 aromatic carbocycles. The van der Waals surface area contributed by atoms with Crippen LogP contribution in [0.3, 0.4) is 0 Å². The van der Waals surface area contributed by atoms with Crippen molar-refractivity contribution >= 4 is 31.9 Å². The van der Waals surface area contributed by atoms with Gasteiger partial charge in [0.15, 0.2) is 0 Å². The zero-order valence-electron chi connectivity index (χ0n) is 17.7. The Morgan fingerprint density at radius 1 is 0.938 bits per heavy atom. The van der Waals surface area contributed by atoms with Gasteiger partial charge in [0.25, 0.3) is 0 Å². The highest BCUT2D eigenvalue weighted by molar-refractivity contribution is 9.10. The number of benzene rings is 3. The molecule has 0 saturated heterocycles.